The van der Waals surface area contributed by atoms with Crippen molar-refractivity contribution < 1.29 is 14.3 Å². The molecule has 6 nitrogen and oxygen atoms in total. The topological polar surface area (TPSA) is 77.7 Å². The van der Waals surface area contributed by atoms with Gasteiger partial charge in [0.25, 0.3) is 0 Å². The molecule has 0 saturated carbocycles. The Morgan fingerprint density at radius 2 is 2.21 bits per heavy atom. The Labute approximate surface area is 112 Å². The Balaban J connectivity index is 1.94. The van der Waals surface area contributed by atoms with Crippen LogP contribution in [0.5, 0.6) is 5.88 Å². The van der Waals surface area contributed by atoms with Crippen LogP contribution in [0.1, 0.15) is 23.2 Å². The molecule has 2 N–H and O–H groups in total. The van der Waals surface area contributed by atoms with Crippen LogP contribution in [0.15, 0.2) is 12.3 Å². The molecule has 0 unspecified atom stereocenters. The SMILES string of the molecule is COC(=O)c1ccnc(OCCN2CCCC2)c1N. The Morgan fingerprint density at radius 3 is 2.89 bits per heavy atom. The van der Waals surface area contributed by atoms with E-state index >= 15 is 0 Å². The third-order valence-electron chi connectivity index (χ3n) is 3.20. The molecule has 1 saturated heterocycles. The summed E-state index contributed by atoms with van der Waals surface area (Å²) in [6.07, 6.45) is 3.99. The highest BCUT2D eigenvalue weighted by Crippen LogP contribution is 2.22. The van der Waals surface area contributed by atoms with Gasteiger partial charge in [-0.1, -0.05) is 0 Å². The van der Waals surface area contributed by atoms with Gasteiger partial charge >= 0.3 is 5.97 Å². The van der Waals surface area contributed by atoms with Gasteiger partial charge in [0.15, 0.2) is 0 Å². The fourth-order valence-electron chi connectivity index (χ4n) is 2.13. The summed E-state index contributed by atoms with van der Waals surface area (Å²) in [4.78, 5) is 17.9. The van der Waals surface area contributed by atoms with Crippen LogP contribution in [-0.2, 0) is 4.74 Å². The zero-order valence-corrected chi connectivity index (χ0v) is 11.1. The van der Waals surface area contributed by atoms with Crippen molar-refractivity contribution in [2.24, 2.45) is 0 Å². The summed E-state index contributed by atoms with van der Waals surface area (Å²) in [5.41, 5.74) is 6.37. The van der Waals surface area contributed by atoms with Gasteiger partial charge < -0.3 is 15.2 Å². The van der Waals surface area contributed by atoms with E-state index in [0.29, 0.717) is 12.5 Å². The van der Waals surface area contributed by atoms with E-state index in [0.717, 1.165) is 19.6 Å². The molecule has 2 heterocycles. The van der Waals surface area contributed by atoms with Crippen LogP contribution in [0.25, 0.3) is 0 Å². The molecule has 104 valence electrons. The predicted octanol–water partition coefficient (Wildman–Crippen LogP) is 0.925. The first kappa shape index (κ1) is 13.6. The Kier molecular flexibility index (Phi) is 4.57. The highest BCUT2D eigenvalue weighted by atomic mass is 16.5. The molecule has 0 aliphatic carbocycles. The maximum Gasteiger partial charge on any atom is 0.340 e. The molecule has 0 spiro atoms. The molecule has 2 rings (SSSR count). The van der Waals surface area contributed by atoms with E-state index in [4.69, 9.17) is 10.5 Å². The number of anilines is 1. The summed E-state index contributed by atoms with van der Waals surface area (Å²) in [5, 5.41) is 0. The number of hydrogen-bond acceptors (Lipinski definition) is 6. The van der Waals surface area contributed by atoms with Crippen molar-refractivity contribution in [2.45, 2.75) is 12.8 Å². The zero-order chi connectivity index (χ0) is 13.7. The van der Waals surface area contributed by atoms with Crippen molar-refractivity contribution >= 4 is 11.7 Å². The quantitative estimate of drug-likeness (QED) is 0.798. The van der Waals surface area contributed by atoms with Crippen LogP contribution in [0, 0.1) is 0 Å². The number of esters is 1. The van der Waals surface area contributed by atoms with Gasteiger partial charge in [-0.2, -0.15) is 0 Å². The van der Waals surface area contributed by atoms with Crippen LogP contribution in [-0.4, -0.2) is 49.2 Å². The van der Waals surface area contributed by atoms with E-state index in [1.165, 1.54) is 32.2 Å². The first-order valence-electron chi connectivity index (χ1n) is 6.40. The van der Waals surface area contributed by atoms with Crippen LogP contribution in [0.2, 0.25) is 0 Å². The smallest absolute Gasteiger partial charge is 0.340 e. The van der Waals surface area contributed by atoms with Crippen molar-refractivity contribution in [3.05, 3.63) is 17.8 Å². The zero-order valence-electron chi connectivity index (χ0n) is 11.1. The van der Waals surface area contributed by atoms with Gasteiger partial charge in [-0.25, -0.2) is 9.78 Å². The van der Waals surface area contributed by atoms with E-state index in [1.807, 2.05) is 0 Å². The van der Waals surface area contributed by atoms with Gasteiger partial charge in [0, 0.05) is 12.7 Å². The number of nitrogen functional groups attached to an aromatic ring is 1. The average Bonchev–Trinajstić information content (AvgIpc) is 2.93. The van der Waals surface area contributed by atoms with E-state index in [9.17, 15) is 4.79 Å². The molecule has 0 atom stereocenters. The van der Waals surface area contributed by atoms with Gasteiger partial charge in [-0.05, 0) is 32.0 Å². The first-order valence-corrected chi connectivity index (χ1v) is 6.40. The van der Waals surface area contributed by atoms with E-state index in [1.54, 1.807) is 0 Å². The molecule has 6 heteroatoms. The third-order valence-corrected chi connectivity index (χ3v) is 3.20. The van der Waals surface area contributed by atoms with Gasteiger partial charge in [0.05, 0.1) is 12.7 Å². The highest BCUT2D eigenvalue weighted by molar-refractivity contribution is 5.95. The van der Waals surface area contributed by atoms with Crippen molar-refractivity contribution in [2.75, 3.05) is 39.1 Å². The van der Waals surface area contributed by atoms with Crippen molar-refractivity contribution in [1.82, 2.24) is 9.88 Å². The lowest BCUT2D eigenvalue weighted by Gasteiger charge is -2.15. The fourth-order valence-corrected chi connectivity index (χ4v) is 2.13. The normalized spacial score (nSPS) is 15.4. The minimum absolute atomic E-state index is 0.232. The first-order chi connectivity index (χ1) is 9.22. The number of nitrogens with zero attached hydrogens (tertiary/aromatic N) is 2. The second-order valence-electron chi connectivity index (χ2n) is 4.47. The summed E-state index contributed by atoms with van der Waals surface area (Å²) < 4.78 is 10.2. The van der Waals surface area contributed by atoms with Gasteiger partial charge in [0.1, 0.15) is 12.3 Å². The lowest BCUT2D eigenvalue weighted by Crippen LogP contribution is -2.25. The molecule has 1 fully saturated rings. The van der Waals surface area contributed by atoms with Crippen molar-refractivity contribution in [1.29, 1.82) is 0 Å². The van der Waals surface area contributed by atoms with Gasteiger partial charge in [-0.15, -0.1) is 0 Å². The third kappa shape index (κ3) is 3.35. The second kappa shape index (κ2) is 6.38. The molecular weight excluding hydrogens is 246 g/mol. The van der Waals surface area contributed by atoms with Crippen molar-refractivity contribution in [3.63, 3.8) is 0 Å². The number of hydrogen-bond donors (Lipinski definition) is 1. The lowest BCUT2D eigenvalue weighted by molar-refractivity contribution is 0.0601. The molecule has 0 amide bonds. The van der Waals surface area contributed by atoms with E-state index in [2.05, 4.69) is 14.6 Å². The Bertz CT molecular complexity index is 445. The monoisotopic (exact) mass is 265 g/mol. The number of ether oxygens (including phenoxy) is 2. The van der Waals surface area contributed by atoms with E-state index in [-0.39, 0.29) is 11.3 Å². The summed E-state index contributed by atoms with van der Waals surface area (Å²) in [6.45, 7) is 3.61. The number of carbonyl (C=O) groups excluding carboxylic acids is 1. The largest absolute Gasteiger partial charge is 0.475 e. The van der Waals surface area contributed by atoms with Gasteiger partial charge in [-0.3, -0.25) is 4.90 Å². The molecule has 0 radical (unpaired) electrons. The summed E-state index contributed by atoms with van der Waals surface area (Å²) in [5.74, 6) is -0.189. The van der Waals surface area contributed by atoms with Gasteiger partial charge in [0.2, 0.25) is 5.88 Å². The standard InChI is InChI=1S/C13H19N3O3/c1-18-13(17)10-4-5-15-12(11(10)14)19-9-8-16-6-2-3-7-16/h4-5H,2-3,6-9,14H2,1H3. The maximum atomic E-state index is 11.5. The lowest BCUT2D eigenvalue weighted by atomic mass is 10.2. The van der Waals surface area contributed by atoms with Crippen LogP contribution < -0.4 is 10.5 Å². The number of aromatic nitrogens is 1. The van der Waals surface area contributed by atoms with Crippen LogP contribution >= 0.6 is 0 Å². The number of likely N-dealkylation sites (tertiary alicyclic amines) is 1. The minimum Gasteiger partial charge on any atom is -0.475 e. The number of nitrogens with two attached hydrogens (primary N) is 1. The number of pyridine rings is 1. The summed E-state index contributed by atoms with van der Waals surface area (Å²) >= 11 is 0. The molecule has 1 aliphatic heterocycles. The number of carbonyl (C=O) groups is 1. The van der Waals surface area contributed by atoms with Crippen LogP contribution in [0.4, 0.5) is 5.69 Å². The molecule has 0 bridgehead atoms. The molecule has 19 heavy (non-hydrogen) atoms. The Morgan fingerprint density at radius 1 is 1.47 bits per heavy atom. The van der Waals surface area contributed by atoms with E-state index < -0.39 is 5.97 Å². The summed E-state index contributed by atoms with van der Waals surface area (Å²) in [6, 6.07) is 1.52. The van der Waals surface area contributed by atoms with Crippen molar-refractivity contribution in [3.8, 4) is 5.88 Å². The second-order valence-corrected chi connectivity index (χ2v) is 4.47. The van der Waals surface area contributed by atoms with Crippen LogP contribution in [0.3, 0.4) is 0 Å². The molecular formula is C13H19N3O3. The average molecular weight is 265 g/mol. The molecule has 1 aliphatic rings. The maximum absolute atomic E-state index is 11.5. The Hall–Kier alpha value is -1.82. The molecule has 1 aromatic heterocycles. The summed E-state index contributed by atoms with van der Waals surface area (Å²) in [7, 11) is 1.32. The number of rotatable bonds is 5. The highest BCUT2D eigenvalue weighted by Gasteiger charge is 2.16. The molecule has 0 aromatic carbocycles. The molecule has 1 aromatic rings. The predicted molar refractivity (Wildman–Crippen MR) is 71.2 cm³/mol. The minimum atomic E-state index is -0.482. The fraction of sp³-hybridized carbons (Fsp3) is 0.538. The number of methoxy groups -OCH3 is 1.